The van der Waals surface area contributed by atoms with Gasteiger partial charge in [-0.25, -0.2) is 9.48 Å². The fraction of sp³-hybridized carbons (Fsp3) is 0.571. The number of aliphatic carboxylic acids is 1. The highest BCUT2D eigenvalue weighted by atomic mass is 32.2. The Balaban J connectivity index is 1.69. The predicted octanol–water partition coefficient (Wildman–Crippen LogP) is 0.492. The van der Waals surface area contributed by atoms with Gasteiger partial charge < -0.3 is 10.4 Å². The maximum atomic E-state index is 12.6. The van der Waals surface area contributed by atoms with E-state index in [9.17, 15) is 36.3 Å². The van der Waals surface area contributed by atoms with E-state index < -0.39 is 58.3 Å². The Kier molecular flexibility index (Phi) is 7.56. The van der Waals surface area contributed by atoms with Crippen molar-refractivity contribution in [3.63, 3.8) is 0 Å². The first-order chi connectivity index (χ1) is 15.3. The number of carboxylic acid groups (broad SMARTS) is 1. The van der Waals surface area contributed by atoms with E-state index in [1.54, 1.807) is 0 Å². The van der Waals surface area contributed by atoms with Crippen LogP contribution in [-0.4, -0.2) is 89.1 Å². The summed E-state index contributed by atoms with van der Waals surface area (Å²) in [6, 6.07) is -0.943. The van der Waals surface area contributed by atoms with Gasteiger partial charge in [-0.3, -0.25) is 14.2 Å². The summed E-state index contributed by atoms with van der Waals surface area (Å²) in [4.78, 5) is 25.3. The smallest absolute Gasteiger partial charge is 0.389 e. The van der Waals surface area contributed by atoms with Crippen molar-refractivity contribution in [2.75, 3.05) is 11.5 Å². The number of hydrogen-bond acceptors (Lipinski definition) is 10. The fourth-order valence-corrected chi connectivity index (χ4v) is 6.14. The van der Waals surface area contributed by atoms with E-state index in [0.717, 1.165) is 21.3 Å². The van der Waals surface area contributed by atoms with Gasteiger partial charge in [-0.2, -0.15) is 21.6 Å². The number of rotatable bonds is 9. The number of alkyl halides is 3. The van der Waals surface area contributed by atoms with Crippen LogP contribution < -0.4 is 5.32 Å². The van der Waals surface area contributed by atoms with Crippen molar-refractivity contribution < 1.29 is 40.8 Å². The minimum absolute atomic E-state index is 0.000920. The number of nitrogens with zero attached hydrogens (tertiary/aromatic N) is 5. The molecule has 1 saturated heterocycles. The van der Waals surface area contributed by atoms with Crippen molar-refractivity contribution in [3.05, 3.63) is 11.3 Å². The van der Waals surface area contributed by atoms with Crippen molar-refractivity contribution in [3.8, 4) is 0 Å². The summed E-state index contributed by atoms with van der Waals surface area (Å²) in [7, 11) is -4.42. The first-order valence-corrected chi connectivity index (χ1v) is 12.9. The van der Waals surface area contributed by atoms with Crippen LogP contribution >= 0.6 is 35.7 Å². The number of carbonyl (C=O) groups excluding carboxylic acids is 1. The van der Waals surface area contributed by atoms with E-state index >= 15 is 0 Å². The molecule has 0 bridgehead atoms. The van der Waals surface area contributed by atoms with E-state index in [-0.39, 0.29) is 27.3 Å². The standard InChI is InChI=1S/C14H15F3N6O6S4/c15-14(16,17)2-1-7(30)18-8-10(24)23-9(12(25)26)6(3-31-11(8)23)4-32-13-19-20-21-22(13)5-33(27,28)29/h8,11H,1-5H2,(H,18,30)(H,25,26)(H,27,28,29)/t8?,11-/m1/s1. The van der Waals surface area contributed by atoms with Crippen molar-refractivity contribution >= 4 is 62.7 Å². The van der Waals surface area contributed by atoms with Crippen LogP contribution in [0.4, 0.5) is 13.2 Å². The molecule has 0 aliphatic carbocycles. The highest BCUT2D eigenvalue weighted by molar-refractivity contribution is 8.01. The average molecular weight is 549 g/mol. The van der Waals surface area contributed by atoms with Crippen molar-refractivity contribution in [2.24, 2.45) is 0 Å². The van der Waals surface area contributed by atoms with Gasteiger partial charge >= 0.3 is 12.1 Å². The molecule has 3 N–H and O–H groups in total. The van der Waals surface area contributed by atoms with Crippen LogP contribution in [0.25, 0.3) is 0 Å². The van der Waals surface area contributed by atoms with E-state index in [4.69, 9.17) is 16.8 Å². The molecule has 1 unspecified atom stereocenters. The Bertz CT molecular complexity index is 1110. The molecule has 0 spiro atoms. The molecule has 33 heavy (non-hydrogen) atoms. The second-order valence-electron chi connectivity index (χ2n) is 6.79. The maximum Gasteiger partial charge on any atom is 0.389 e. The molecule has 12 nitrogen and oxygen atoms in total. The number of carbonyl (C=O) groups is 2. The monoisotopic (exact) mass is 548 g/mol. The minimum atomic E-state index is -4.42. The van der Waals surface area contributed by atoms with Gasteiger partial charge in [-0.1, -0.05) is 24.0 Å². The van der Waals surface area contributed by atoms with Crippen LogP contribution in [0.15, 0.2) is 16.4 Å². The number of tetrazole rings is 1. The summed E-state index contributed by atoms with van der Waals surface area (Å²) >= 11 is 6.99. The Morgan fingerprint density at radius 1 is 1.39 bits per heavy atom. The molecular formula is C14H15F3N6O6S4. The molecule has 0 saturated carbocycles. The zero-order chi connectivity index (χ0) is 24.6. The van der Waals surface area contributed by atoms with Gasteiger partial charge in [-0.05, 0) is 16.0 Å². The lowest BCUT2D eigenvalue weighted by Crippen LogP contribution is -2.70. The van der Waals surface area contributed by atoms with Crippen LogP contribution in [0.2, 0.25) is 0 Å². The molecule has 19 heteroatoms. The topological polar surface area (TPSA) is 168 Å². The minimum Gasteiger partial charge on any atom is -0.477 e. The molecule has 1 fully saturated rings. The summed E-state index contributed by atoms with van der Waals surface area (Å²) in [6.07, 6.45) is -6.02. The van der Waals surface area contributed by atoms with Crippen LogP contribution in [0.1, 0.15) is 12.8 Å². The summed E-state index contributed by atoms with van der Waals surface area (Å²) in [5.74, 6) is -2.73. The van der Waals surface area contributed by atoms with Crippen molar-refractivity contribution in [2.45, 2.75) is 41.5 Å². The lowest BCUT2D eigenvalue weighted by Gasteiger charge is -2.49. The van der Waals surface area contributed by atoms with E-state index in [1.807, 2.05) is 0 Å². The van der Waals surface area contributed by atoms with Crippen LogP contribution in [0, 0.1) is 0 Å². The molecule has 3 heterocycles. The molecule has 1 aromatic heterocycles. The van der Waals surface area contributed by atoms with E-state index in [2.05, 4.69) is 20.8 Å². The number of nitrogens with one attached hydrogen (secondary N) is 1. The van der Waals surface area contributed by atoms with Crippen molar-refractivity contribution in [1.29, 1.82) is 0 Å². The number of hydrogen-bond donors (Lipinski definition) is 3. The predicted molar refractivity (Wildman–Crippen MR) is 113 cm³/mol. The highest BCUT2D eigenvalue weighted by Gasteiger charge is 2.53. The SMILES string of the molecule is O=C(O)C1=C(CSc2nnnn2CS(=O)(=O)O)CS[C@@H]2C(NC(=S)CCC(F)(F)F)C(=O)N12. The highest BCUT2D eigenvalue weighted by Crippen LogP contribution is 2.41. The Labute approximate surface area is 198 Å². The van der Waals surface area contributed by atoms with Gasteiger partial charge in [0, 0.05) is 24.3 Å². The van der Waals surface area contributed by atoms with Crippen molar-refractivity contribution in [1.82, 2.24) is 30.4 Å². The van der Waals surface area contributed by atoms with Gasteiger partial charge in [-0.15, -0.1) is 16.9 Å². The van der Waals surface area contributed by atoms with Gasteiger partial charge in [0.1, 0.15) is 17.1 Å². The summed E-state index contributed by atoms with van der Waals surface area (Å²) in [6.45, 7) is 0. The molecule has 182 valence electrons. The number of fused-ring (bicyclic) bond motifs is 1. The van der Waals surface area contributed by atoms with Gasteiger partial charge in [0.2, 0.25) is 5.16 Å². The molecule has 1 amide bonds. The summed E-state index contributed by atoms with van der Waals surface area (Å²) in [5, 5.41) is 22.0. The Morgan fingerprint density at radius 2 is 2.09 bits per heavy atom. The molecule has 0 radical (unpaired) electrons. The third-order valence-corrected chi connectivity index (χ3v) is 7.64. The number of thiocarbonyl (C=S) groups is 1. The quantitative estimate of drug-likeness (QED) is 0.169. The zero-order valence-electron chi connectivity index (χ0n) is 16.2. The average Bonchev–Trinajstić information content (AvgIpc) is 3.12. The number of β-lactam (4-membered cyclic amide) rings is 1. The first kappa shape index (κ1) is 25.7. The normalized spacial score (nSPS) is 21.0. The number of carboxylic acids is 1. The van der Waals surface area contributed by atoms with Gasteiger partial charge in [0.15, 0.2) is 5.88 Å². The third kappa shape index (κ3) is 6.34. The molecule has 0 aromatic carbocycles. The van der Waals surface area contributed by atoms with Gasteiger partial charge in [0.05, 0.1) is 4.99 Å². The van der Waals surface area contributed by atoms with E-state index in [1.165, 1.54) is 11.8 Å². The van der Waals surface area contributed by atoms with Crippen LogP contribution in [0.5, 0.6) is 0 Å². The second kappa shape index (κ2) is 9.72. The zero-order valence-corrected chi connectivity index (χ0v) is 19.5. The molecular weight excluding hydrogens is 533 g/mol. The molecule has 2 aliphatic rings. The first-order valence-electron chi connectivity index (χ1n) is 8.87. The number of aromatic nitrogens is 4. The largest absolute Gasteiger partial charge is 0.477 e. The van der Waals surface area contributed by atoms with E-state index in [0.29, 0.717) is 5.57 Å². The second-order valence-corrected chi connectivity index (χ2v) is 10.8. The lowest BCUT2D eigenvalue weighted by atomic mass is 10.0. The van der Waals surface area contributed by atoms with Crippen LogP contribution in [0.3, 0.4) is 0 Å². The summed E-state index contributed by atoms with van der Waals surface area (Å²) < 4.78 is 68.9. The Hall–Kier alpha value is -1.96. The molecule has 1 aromatic rings. The van der Waals surface area contributed by atoms with Crippen LogP contribution in [-0.2, 0) is 25.6 Å². The number of halogens is 3. The summed E-state index contributed by atoms with van der Waals surface area (Å²) in [5.41, 5.74) is 0.0610. The van der Waals surface area contributed by atoms with Gasteiger partial charge in [0.25, 0.3) is 16.0 Å². The number of thioether (sulfide) groups is 2. The Morgan fingerprint density at radius 3 is 2.70 bits per heavy atom. The number of amides is 1. The molecule has 2 aliphatic heterocycles. The molecule has 3 rings (SSSR count). The lowest BCUT2D eigenvalue weighted by molar-refractivity contribution is -0.148. The third-order valence-electron chi connectivity index (χ3n) is 4.36. The maximum absolute atomic E-state index is 12.6. The molecule has 2 atom stereocenters. The fourth-order valence-electron chi connectivity index (χ4n) is 2.98.